The molecule has 0 unspecified atom stereocenters. The van der Waals surface area contributed by atoms with Gasteiger partial charge in [0.1, 0.15) is 11.6 Å². The van der Waals surface area contributed by atoms with Gasteiger partial charge < -0.3 is 19.7 Å². The highest BCUT2D eigenvalue weighted by molar-refractivity contribution is 6.32. The van der Waals surface area contributed by atoms with Crippen LogP contribution in [0, 0.1) is 0 Å². The first-order valence-electron chi connectivity index (χ1n) is 10.2. The molecule has 31 heavy (non-hydrogen) atoms. The van der Waals surface area contributed by atoms with Crippen molar-refractivity contribution in [2.75, 3.05) is 37.8 Å². The standard InChI is InChI=1S/C24H24ClN3O3/c25-21-15-19(18-5-2-1-3-6-18)8-9-22(21)31-17-23(29)27-16-20-7-4-10-26-24(20)28-11-13-30-14-12-28/h1-10,15H,11-14,16-17H2,(H,27,29). The molecule has 0 spiro atoms. The minimum atomic E-state index is -0.222. The summed E-state index contributed by atoms with van der Waals surface area (Å²) in [6, 6.07) is 19.4. The third-order valence-corrected chi connectivity index (χ3v) is 5.35. The molecule has 1 aliphatic rings. The molecular weight excluding hydrogens is 414 g/mol. The number of nitrogens with one attached hydrogen (secondary N) is 1. The smallest absolute Gasteiger partial charge is 0.258 e. The third-order valence-electron chi connectivity index (χ3n) is 5.05. The van der Waals surface area contributed by atoms with Crippen molar-refractivity contribution in [2.45, 2.75) is 6.54 Å². The maximum atomic E-state index is 12.3. The van der Waals surface area contributed by atoms with Gasteiger partial charge in [0.25, 0.3) is 5.91 Å². The van der Waals surface area contributed by atoms with E-state index in [0.717, 1.165) is 35.6 Å². The molecule has 7 heteroatoms. The number of ether oxygens (including phenoxy) is 2. The molecule has 3 aromatic rings. The average Bonchev–Trinajstić information content (AvgIpc) is 2.83. The van der Waals surface area contributed by atoms with E-state index in [1.165, 1.54) is 0 Å². The molecule has 1 saturated heterocycles. The summed E-state index contributed by atoms with van der Waals surface area (Å²) < 4.78 is 11.0. The van der Waals surface area contributed by atoms with Crippen LogP contribution in [-0.2, 0) is 16.1 Å². The first-order valence-corrected chi connectivity index (χ1v) is 10.6. The maximum absolute atomic E-state index is 12.3. The summed E-state index contributed by atoms with van der Waals surface area (Å²) in [6.07, 6.45) is 1.76. The van der Waals surface area contributed by atoms with Crippen LogP contribution in [0.1, 0.15) is 5.56 Å². The summed E-state index contributed by atoms with van der Waals surface area (Å²) in [7, 11) is 0. The second-order valence-corrected chi connectivity index (χ2v) is 7.57. The maximum Gasteiger partial charge on any atom is 0.258 e. The minimum Gasteiger partial charge on any atom is -0.482 e. The molecule has 0 radical (unpaired) electrons. The summed E-state index contributed by atoms with van der Waals surface area (Å²) in [5.74, 6) is 1.14. The summed E-state index contributed by atoms with van der Waals surface area (Å²) >= 11 is 6.36. The highest BCUT2D eigenvalue weighted by Crippen LogP contribution is 2.30. The normalized spacial score (nSPS) is 13.6. The second kappa shape index (κ2) is 10.3. The Morgan fingerprint density at radius 2 is 1.87 bits per heavy atom. The van der Waals surface area contributed by atoms with E-state index in [2.05, 4.69) is 15.2 Å². The number of rotatable bonds is 7. The SMILES string of the molecule is O=C(COc1ccc(-c2ccccc2)cc1Cl)NCc1cccnc1N1CCOCC1. The molecule has 1 fully saturated rings. The van der Waals surface area contributed by atoms with Crippen molar-refractivity contribution in [2.24, 2.45) is 0 Å². The number of nitrogens with zero attached hydrogens (tertiary/aromatic N) is 2. The van der Waals surface area contributed by atoms with Gasteiger partial charge in [-0.05, 0) is 29.3 Å². The van der Waals surface area contributed by atoms with E-state index in [9.17, 15) is 4.79 Å². The van der Waals surface area contributed by atoms with Gasteiger partial charge in [-0.25, -0.2) is 4.98 Å². The first kappa shape index (κ1) is 21.2. The minimum absolute atomic E-state index is 0.114. The average molecular weight is 438 g/mol. The van der Waals surface area contributed by atoms with Crippen molar-refractivity contribution in [3.8, 4) is 16.9 Å². The number of pyridine rings is 1. The topological polar surface area (TPSA) is 63.7 Å². The Kier molecular flexibility index (Phi) is 7.02. The fourth-order valence-corrected chi connectivity index (χ4v) is 3.68. The monoisotopic (exact) mass is 437 g/mol. The first-order chi connectivity index (χ1) is 15.2. The van der Waals surface area contributed by atoms with Crippen molar-refractivity contribution in [3.05, 3.63) is 77.4 Å². The van der Waals surface area contributed by atoms with Crippen LogP contribution in [-0.4, -0.2) is 43.8 Å². The van der Waals surface area contributed by atoms with Crippen molar-refractivity contribution in [3.63, 3.8) is 0 Å². The Hall–Kier alpha value is -3.09. The van der Waals surface area contributed by atoms with E-state index in [4.69, 9.17) is 21.1 Å². The van der Waals surface area contributed by atoms with Gasteiger partial charge >= 0.3 is 0 Å². The number of aromatic nitrogens is 1. The Balaban J connectivity index is 1.32. The Morgan fingerprint density at radius 3 is 2.65 bits per heavy atom. The predicted octanol–water partition coefficient (Wildman–Crippen LogP) is 3.93. The molecule has 2 aromatic carbocycles. The van der Waals surface area contributed by atoms with Gasteiger partial charge in [0.15, 0.2) is 6.61 Å². The van der Waals surface area contributed by atoms with Crippen LogP contribution in [0.2, 0.25) is 5.02 Å². The number of carbonyl (C=O) groups excluding carboxylic acids is 1. The van der Waals surface area contributed by atoms with Crippen LogP contribution in [0.15, 0.2) is 66.9 Å². The van der Waals surface area contributed by atoms with Crippen LogP contribution < -0.4 is 15.0 Å². The lowest BCUT2D eigenvalue weighted by molar-refractivity contribution is -0.123. The zero-order valence-electron chi connectivity index (χ0n) is 17.1. The van der Waals surface area contributed by atoms with Crippen LogP contribution in [0.25, 0.3) is 11.1 Å². The number of carbonyl (C=O) groups is 1. The zero-order valence-corrected chi connectivity index (χ0v) is 17.8. The summed E-state index contributed by atoms with van der Waals surface area (Å²) in [5, 5.41) is 3.37. The van der Waals surface area contributed by atoms with Gasteiger partial charge in [0.2, 0.25) is 0 Å². The molecule has 1 aliphatic heterocycles. The van der Waals surface area contributed by atoms with Crippen molar-refractivity contribution in [1.29, 1.82) is 0 Å². The molecule has 0 bridgehead atoms. The van der Waals surface area contributed by atoms with E-state index in [1.807, 2.05) is 54.6 Å². The molecule has 6 nitrogen and oxygen atoms in total. The number of benzene rings is 2. The van der Waals surface area contributed by atoms with Gasteiger partial charge in [-0.3, -0.25) is 4.79 Å². The largest absolute Gasteiger partial charge is 0.482 e. The molecule has 1 amide bonds. The Labute approximate surface area is 186 Å². The molecule has 4 rings (SSSR count). The lowest BCUT2D eigenvalue weighted by Gasteiger charge is -2.29. The van der Waals surface area contributed by atoms with Gasteiger partial charge in [0, 0.05) is 31.4 Å². The number of hydrogen-bond donors (Lipinski definition) is 1. The fraction of sp³-hybridized carbons (Fsp3) is 0.250. The molecule has 160 valence electrons. The van der Waals surface area contributed by atoms with Crippen LogP contribution in [0.5, 0.6) is 5.75 Å². The summed E-state index contributed by atoms with van der Waals surface area (Å²) in [4.78, 5) is 19.0. The van der Waals surface area contributed by atoms with Gasteiger partial charge in [-0.1, -0.05) is 54.1 Å². The highest BCUT2D eigenvalue weighted by atomic mass is 35.5. The number of halogens is 1. The van der Waals surface area contributed by atoms with Gasteiger partial charge in [-0.15, -0.1) is 0 Å². The quantitative estimate of drug-likeness (QED) is 0.606. The van der Waals surface area contributed by atoms with Crippen LogP contribution >= 0.6 is 11.6 Å². The van der Waals surface area contributed by atoms with Crippen LogP contribution in [0.4, 0.5) is 5.82 Å². The van der Waals surface area contributed by atoms with Crippen molar-refractivity contribution in [1.82, 2.24) is 10.3 Å². The molecule has 2 heterocycles. The summed E-state index contributed by atoms with van der Waals surface area (Å²) in [5.41, 5.74) is 3.03. The van der Waals surface area contributed by atoms with E-state index in [1.54, 1.807) is 12.3 Å². The molecule has 0 saturated carbocycles. The van der Waals surface area contributed by atoms with E-state index >= 15 is 0 Å². The van der Waals surface area contributed by atoms with Gasteiger partial charge in [0.05, 0.1) is 18.2 Å². The number of anilines is 1. The molecule has 0 aliphatic carbocycles. The Bertz CT molecular complexity index is 1020. The lowest BCUT2D eigenvalue weighted by atomic mass is 10.1. The van der Waals surface area contributed by atoms with E-state index in [-0.39, 0.29) is 12.5 Å². The second-order valence-electron chi connectivity index (χ2n) is 7.16. The van der Waals surface area contributed by atoms with E-state index < -0.39 is 0 Å². The predicted molar refractivity (Wildman–Crippen MR) is 121 cm³/mol. The Morgan fingerprint density at radius 1 is 1.06 bits per heavy atom. The molecular formula is C24H24ClN3O3. The zero-order chi connectivity index (χ0) is 21.5. The highest BCUT2D eigenvalue weighted by Gasteiger charge is 2.16. The summed E-state index contributed by atoms with van der Waals surface area (Å²) in [6.45, 7) is 3.21. The number of morpholine rings is 1. The lowest BCUT2D eigenvalue weighted by Crippen LogP contribution is -2.38. The van der Waals surface area contributed by atoms with Crippen molar-refractivity contribution < 1.29 is 14.3 Å². The van der Waals surface area contributed by atoms with E-state index in [0.29, 0.717) is 30.5 Å². The number of amides is 1. The third kappa shape index (κ3) is 5.54. The van der Waals surface area contributed by atoms with Crippen LogP contribution in [0.3, 0.4) is 0 Å². The number of hydrogen-bond acceptors (Lipinski definition) is 5. The van der Waals surface area contributed by atoms with Crippen molar-refractivity contribution >= 4 is 23.3 Å². The fourth-order valence-electron chi connectivity index (χ4n) is 3.44. The van der Waals surface area contributed by atoms with Gasteiger partial charge in [-0.2, -0.15) is 0 Å². The molecule has 1 aromatic heterocycles. The molecule has 1 N–H and O–H groups in total. The molecule has 0 atom stereocenters.